The van der Waals surface area contributed by atoms with Crippen LogP contribution in [-0.2, 0) is 9.63 Å². The maximum Gasteiger partial charge on any atom is 0.368 e. The van der Waals surface area contributed by atoms with Crippen LogP contribution in [0.15, 0.2) is 65.3 Å². The van der Waals surface area contributed by atoms with Gasteiger partial charge in [-0.1, -0.05) is 86.3 Å². The van der Waals surface area contributed by atoms with Gasteiger partial charge in [0.05, 0.1) is 12.2 Å². The van der Waals surface area contributed by atoms with Gasteiger partial charge in [-0.05, 0) is 18.6 Å². The Morgan fingerprint density at radius 1 is 0.963 bits per heavy atom. The average molecular weight is 363 g/mol. The third-order valence-corrected chi connectivity index (χ3v) is 4.47. The van der Waals surface area contributed by atoms with Crippen molar-refractivity contribution in [3.63, 3.8) is 0 Å². The number of oxime groups is 1. The maximum atomic E-state index is 12.2. The van der Waals surface area contributed by atoms with Crippen LogP contribution < -0.4 is 4.74 Å². The van der Waals surface area contributed by atoms with Gasteiger partial charge in [-0.2, -0.15) is 0 Å². The Morgan fingerprint density at radius 2 is 1.70 bits per heavy atom. The number of hydrogen-bond donors (Lipinski definition) is 0. The van der Waals surface area contributed by atoms with Crippen molar-refractivity contribution in [3.8, 4) is 5.75 Å². The summed E-state index contributed by atoms with van der Waals surface area (Å²) in [6.07, 6.45) is 7.75. The van der Waals surface area contributed by atoms with E-state index in [-0.39, 0.29) is 0 Å². The number of rotatable bonds is 9. The van der Waals surface area contributed by atoms with E-state index in [9.17, 15) is 4.79 Å². The first-order chi connectivity index (χ1) is 13.3. The number of unbranched alkanes of at least 4 members (excludes halogenated alkanes) is 4. The number of nitrogens with zero attached hydrogens (tertiary/aromatic N) is 1. The molecule has 0 bridgehead atoms. The fourth-order valence-electron chi connectivity index (χ4n) is 2.99. The van der Waals surface area contributed by atoms with Gasteiger partial charge < -0.3 is 9.57 Å². The zero-order chi connectivity index (χ0) is 18.9. The molecule has 0 radical (unpaired) electrons. The van der Waals surface area contributed by atoms with E-state index < -0.39 is 5.97 Å². The first-order valence-corrected chi connectivity index (χ1v) is 9.58. The molecule has 0 fully saturated rings. The van der Waals surface area contributed by atoms with E-state index >= 15 is 0 Å². The lowest BCUT2D eigenvalue weighted by Gasteiger charge is -2.10. The zero-order valence-corrected chi connectivity index (χ0v) is 15.7. The second-order valence-corrected chi connectivity index (χ2v) is 6.54. The molecule has 1 heterocycles. The van der Waals surface area contributed by atoms with Gasteiger partial charge >= 0.3 is 5.97 Å². The SMILES string of the molecule is CCCCCCCOc1ccccc1/C=C1/C(=O)ON=C1c1ccccc1. The fourth-order valence-corrected chi connectivity index (χ4v) is 2.99. The molecule has 1 aliphatic heterocycles. The Kier molecular flexibility index (Phi) is 6.80. The van der Waals surface area contributed by atoms with Crippen LogP contribution in [0.4, 0.5) is 0 Å². The number of hydrogen-bond acceptors (Lipinski definition) is 4. The minimum absolute atomic E-state index is 0.441. The van der Waals surface area contributed by atoms with Crippen LogP contribution in [0.5, 0.6) is 5.75 Å². The highest BCUT2D eigenvalue weighted by Gasteiger charge is 2.27. The van der Waals surface area contributed by atoms with Crippen molar-refractivity contribution < 1.29 is 14.4 Å². The van der Waals surface area contributed by atoms with Gasteiger partial charge in [0, 0.05) is 11.1 Å². The highest BCUT2D eigenvalue weighted by atomic mass is 16.7. The smallest absolute Gasteiger partial charge is 0.368 e. The van der Waals surface area contributed by atoms with E-state index in [0.29, 0.717) is 17.9 Å². The van der Waals surface area contributed by atoms with Crippen molar-refractivity contribution in [3.05, 3.63) is 71.3 Å². The van der Waals surface area contributed by atoms with E-state index in [4.69, 9.17) is 9.57 Å². The summed E-state index contributed by atoms with van der Waals surface area (Å²) in [6.45, 7) is 2.88. The van der Waals surface area contributed by atoms with E-state index in [1.54, 1.807) is 6.08 Å². The predicted molar refractivity (Wildman–Crippen MR) is 108 cm³/mol. The third-order valence-electron chi connectivity index (χ3n) is 4.47. The minimum atomic E-state index is -0.441. The molecule has 0 unspecified atom stereocenters. The zero-order valence-electron chi connectivity index (χ0n) is 15.7. The van der Waals surface area contributed by atoms with Gasteiger partial charge in [-0.3, -0.25) is 0 Å². The first-order valence-electron chi connectivity index (χ1n) is 9.58. The monoisotopic (exact) mass is 363 g/mol. The Labute approximate surface area is 160 Å². The Hall–Kier alpha value is -2.88. The van der Waals surface area contributed by atoms with Crippen LogP contribution in [0.2, 0.25) is 0 Å². The molecule has 0 saturated carbocycles. The van der Waals surface area contributed by atoms with Gasteiger partial charge in [0.1, 0.15) is 11.5 Å². The summed E-state index contributed by atoms with van der Waals surface area (Å²) in [5.41, 5.74) is 2.70. The molecule has 0 aromatic heterocycles. The summed E-state index contributed by atoms with van der Waals surface area (Å²) in [5.74, 6) is 0.329. The summed E-state index contributed by atoms with van der Waals surface area (Å²) >= 11 is 0. The lowest BCUT2D eigenvalue weighted by atomic mass is 10.0. The summed E-state index contributed by atoms with van der Waals surface area (Å²) in [4.78, 5) is 17.1. The number of carbonyl (C=O) groups is 1. The van der Waals surface area contributed by atoms with E-state index in [0.717, 1.165) is 23.3 Å². The predicted octanol–water partition coefficient (Wildman–Crippen LogP) is 5.38. The molecule has 3 rings (SSSR count). The van der Waals surface area contributed by atoms with E-state index in [2.05, 4.69) is 12.1 Å². The minimum Gasteiger partial charge on any atom is -0.493 e. The molecule has 0 saturated heterocycles. The Balaban J connectivity index is 1.74. The van der Waals surface area contributed by atoms with Crippen LogP contribution in [0.1, 0.15) is 50.2 Å². The normalized spacial score (nSPS) is 14.9. The molecule has 0 N–H and O–H groups in total. The molecule has 0 atom stereocenters. The molecule has 4 heteroatoms. The molecule has 4 nitrogen and oxygen atoms in total. The van der Waals surface area contributed by atoms with Crippen LogP contribution in [-0.4, -0.2) is 18.3 Å². The lowest BCUT2D eigenvalue weighted by Crippen LogP contribution is -2.07. The molecule has 2 aromatic rings. The summed E-state index contributed by atoms with van der Waals surface area (Å²) < 4.78 is 5.97. The second-order valence-electron chi connectivity index (χ2n) is 6.54. The molecular weight excluding hydrogens is 338 g/mol. The third kappa shape index (κ3) is 5.07. The number of para-hydroxylation sites is 1. The van der Waals surface area contributed by atoms with Crippen molar-refractivity contribution in [2.45, 2.75) is 39.0 Å². The molecule has 27 heavy (non-hydrogen) atoms. The Bertz CT molecular complexity index is 825. The van der Waals surface area contributed by atoms with Crippen molar-refractivity contribution in [2.75, 3.05) is 6.61 Å². The quantitative estimate of drug-likeness (QED) is 0.341. The van der Waals surface area contributed by atoms with Crippen molar-refractivity contribution >= 4 is 17.8 Å². The number of ether oxygens (including phenoxy) is 1. The molecule has 0 amide bonds. The number of benzene rings is 2. The molecule has 2 aromatic carbocycles. The molecule has 0 spiro atoms. The van der Waals surface area contributed by atoms with Crippen LogP contribution in [0.25, 0.3) is 6.08 Å². The van der Waals surface area contributed by atoms with Crippen LogP contribution in [0.3, 0.4) is 0 Å². The van der Waals surface area contributed by atoms with Crippen molar-refractivity contribution in [2.24, 2.45) is 5.16 Å². The molecular formula is C23H25NO3. The summed E-state index contributed by atoms with van der Waals surface area (Å²) in [6, 6.07) is 17.3. The first kappa shape index (κ1) is 18.9. The van der Waals surface area contributed by atoms with Gasteiger partial charge in [-0.15, -0.1) is 0 Å². The number of carbonyl (C=O) groups excluding carboxylic acids is 1. The van der Waals surface area contributed by atoms with Gasteiger partial charge in [0.15, 0.2) is 0 Å². The fraction of sp³-hybridized carbons (Fsp3) is 0.304. The van der Waals surface area contributed by atoms with Crippen molar-refractivity contribution in [1.82, 2.24) is 0 Å². The topological polar surface area (TPSA) is 47.9 Å². The molecule has 140 valence electrons. The highest BCUT2D eigenvalue weighted by Crippen LogP contribution is 2.26. The summed E-state index contributed by atoms with van der Waals surface area (Å²) in [7, 11) is 0. The largest absolute Gasteiger partial charge is 0.493 e. The maximum absolute atomic E-state index is 12.2. The van der Waals surface area contributed by atoms with Gasteiger partial charge in [0.2, 0.25) is 0 Å². The van der Waals surface area contributed by atoms with Crippen molar-refractivity contribution in [1.29, 1.82) is 0 Å². The lowest BCUT2D eigenvalue weighted by molar-refractivity contribution is -0.136. The average Bonchev–Trinajstić information content (AvgIpc) is 3.07. The second kappa shape index (κ2) is 9.72. The van der Waals surface area contributed by atoms with Gasteiger partial charge in [-0.25, -0.2) is 4.79 Å². The van der Waals surface area contributed by atoms with Crippen LogP contribution in [0, 0.1) is 0 Å². The van der Waals surface area contributed by atoms with E-state index in [1.165, 1.54) is 25.7 Å². The van der Waals surface area contributed by atoms with Crippen LogP contribution >= 0.6 is 0 Å². The molecule has 1 aliphatic rings. The standard InChI is InChI=1S/C23H25NO3/c1-2-3-4-5-11-16-26-21-15-10-9-14-19(21)17-20-22(24-27-23(20)25)18-12-7-6-8-13-18/h6-10,12-15,17H,2-5,11,16H2,1H3/b20-17+. The highest BCUT2D eigenvalue weighted by molar-refractivity contribution is 6.31. The summed E-state index contributed by atoms with van der Waals surface area (Å²) in [5, 5.41) is 3.96. The Morgan fingerprint density at radius 3 is 2.52 bits per heavy atom. The van der Waals surface area contributed by atoms with E-state index in [1.807, 2.05) is 54.6 Å². The molecule has 0 aliphatic carbocycles. The van der Waals surface area contributed by atoms with Gasteiger partial charge in [0.25, 0.3) is 0 Å².